The normalized spacial score (nSPS) is 19.1. The molecule has 0 spiro atoms. The topological polar surface area (TPSA) is 66.6 Å². The average Bonchev–Trinajstić information content (AvgIpc) is 2.30. The van der Waals surface area contributed by atoms with Crippen LogP contribution in [0.4, 0.5) is 5.69 Å². The number of nitrogens with zero attached hydrogens (tertiary/aromatic N) is 1. The lowest BCUT2D eigenvalue weighted by atomic mass is 9.88. The van der Waals surface area contributed by atoms with Crippen molar-refractivity contribution in [3.63, 3.8) is 0 Å². The van der Waals surface area contributed by atoms with Crippen LogP contribution in [-0.2, 0) is 4.79 Å². The van der Waals surface area contributed by atoms with E-state index in [-0.39, 0.29) is 0 Å². The number of nitrogens with two attached hydrogens (primary N) is 1. The summed E-state index contributed by atoms with van der Waals surface area (Å²) in [6.45, 7) is 1.36. The van der Waals surface area contributed by atoms with Gasteiger partial charge in [0.25, 0.3) is 0 Å². The van der Waals surface area contributed by atoms with Crippen LogP contribution in [0.3, 0.4) is 0 Å². The Labute approximate surface area is 109 Å². The largest absolute Gasteiger partial charge is 0.480 e. The second-order valence-corrected chi connectivity index (χ2v) is 5.34. The molecule has 1 heterocycles. The van der Waals surface area contributed by atoms with Gasteiger partial charge in [0.2, 0.25) is 0 Å². The molecule has 1 fully saturated rings. The Morgan fingerprint density at radius 1 is 1.41 bits per heavy atom. The predicted octanol–water partition coefficient (Wildman–Crippen LogP) is 1.83. The minimum atomic E-state index is -1.05. The van der Waals surface area contributed by atoms with Crippen molar-refractivity contribution in [1.82, 2.24) is 0 Å². The fourth-order valence-electron chi connectivity index (χ4n) is 2.05. The minimum absolute atomic E-state index is 0.481. The highest BCUT2D eigenvalue weighted by Crippen LogP contribution is 2.26. The molecule has 1 aliphatic heterocycles. The van der Waals surface area contributed by atoms with Gasteiger partial charge in [-0.25, -0.2) is 0 Å². The molecule has 1 saturated heterocycles. The summed E-state index contributed by atoms with van der Waals surface area (Å²) in [5.41, 5.74) is 5.89. The van der Waals surface area contributed by atoms with Crippen molar-refractivity contribution in [3.05, 3.63) is 28.7 Å². The van der Waals surface area contributed by atoms with Crippen LogP contribution in [0.2, 0.25) is 0 Å². The Balaban J connectivity index is 2.07. The van der Waals surface area contributed by atoms with Crippen LogP contribution in [0.25, 0.3) is 0 Å². The highest BCUT2D eigenvalue weighted by Gasteiger charge is 2.37. The van der Waals surface area contributed by atoms with Gasteiger partial charge in [0, 0.05) is 23.2 Å². The Morgan fingerprint density at radius 2 is 2.06 bits per heavy atom. The first-order valence-electron chi connectivity index (χ1n) is 5.54. The maximum absolute atomic E-state index is 11.0. The number of aliphatic carboxylic acids is 1. The number of carboxylic acids is 1. The first-order chi connectivity index (χ1) is 8.01. The number of anilines is 1. The maximum Gasteiger partial charge on any atom is 0.323 e. The van der Waals surface area contributed by atoms with Crippen LogP contribution in [0.15, 0.2) is 28.7 Å². The summed E-state index contributed by atoms with van der Waals surface area (Å²) in [5.74, 6) is -0.897. The summed E-state index contributed by atoms with van der Waals surface area (Å²) in [4.78, 5) is 13.2. The highest BCUT2D eigenvalue weighted by atomic mass is 79.9. The van der Waals surface area contributed by atoms with E-state index in [2.05, 4.69) is 20.8 Å². The van der Waals surface area contributed by atoms with Gasteiger partial charge in [0.15, 0.2) is 0 Å². The first-order valence-corrected chi connectivity index (χ1v) is 6.33. The number of hydrogen-bond acceptors (Lipinski definition) is 3. The van der Waals surface area contributed by atoms with Crippen LogP contribution < -0.4 is 10.6 Å². The van der Waals surface area contributed by atoms with E-state index in [9.17, 15) is 4.79 Å². The monoisotopic (exact) mass is 298 g/mol. The van der Waals surface area contributed by atoms with Gasteiger partial charge in [0.05, 0.1) is 0 Å². The lowest BCUT2D eigenvalue weighted by molar-refractivity contribution is -0.144. The predicted molar refractivity (Wildman–Crippen MR) is 70.1 cm³/mol. The van der Waals surface area contributed by atoms with E-state index in [0.29, 0.717) is 25.9 Å². The highest BCUT2D eigenvalue weighted by molar-refractivity contribution is 9.10. The van der Waals surface area contributed by atoms with E-state index in [1.165, 1.54) is 0 Å². The zero-order chi connectivity index (χ0) is 12.5. The number of halogens is 1. The molecule has 0 bridgehead atoms. The summed E-state index contributed by atoms with van der Waals surface area (Å²) in [5, 5.41) is 9.05. The molecule has 0 saturated carbocycles. The van der Waals surface area contributed by atoms with Crippen molar-refractivity contribution in [2.45, 2.75) is 18.4 Å². The molecule has 17 heavy (non-hydrogen) atoms. The van der Waals surface area contributed by atoms with Crippen molar-refractivity contribution in [2.75, 3.05) is 18.0 Å². The van der Waals surface area contributed by atoms with Crippen molar-refractivity contribution < 1.29 is 9.90 Å². The van der Waals surface area contributed by atoms with Crippen LogP contribution >= 0.6 is 15.9 Å². The Bertz CT molecular complexity index is 428. The molecule has 5 heteroatoms. The molecule has 0 aromatic heterocycles. The molecule has 0 aliphatic carbocycles. The van der Waals surface area contributed by atoms with E-state index < -0.39 is 11.5 Å². The Kier molecular flexibility index (Phi) is 3.40. The molecule has 92 valence electrons. The molecule has 1 aliphatic rings. The molecule has 0 radical (unpaired) electrons. The standard InChI is InChI=1S/C12H15BrN2O2/c13-9-2-1-3-10(8-9)15-6-4-12(14,5-7-15)11(16)17/h1-3,8H,4-7,14H2,(H,16,17). The molecule has 1 aromatic rings. The molecule has 0 atom stereocenters. The zero-order valence-electron chi connectivity index (χ0n) is 9.40. The fraction of sp³-hybridized carbons (Fsp3) is 0.417. The second-order valence-electron chi connectivity index (χ2n) is 4.43. The van der Waals surface area contributed by atoms with Crippen molar-refractivity contribution in [1.29, 1.82) is 0 Å². The molecule has 0 unspecified atom stereocenters. The molecule has 1 aromatic carbocycles. The molecular weight excluding hydrogens is 284 g/mol. The summed E-state index contributed by atoms with van der Waals surface area (Å²) in [6, 6.07) is 8.00. The average molecular weight is 299 g/mol. The number of benzene rings is 1. The maximum atomic E-state index is 11.0. The van der Waals surface area contributed by atoms with Gasteiger partial charge in [-0.3, -0.25) is 4.79 Å². The number of rotatable bonds is 2. The Hall–Kier alpha value is -1.07. The van der Waals surface area contributed by atoms with Gasteiger partial charge < -0.3 is 15.7 Å². The van der Waals surface area contributed by atoms with Gasteiger partial charge in [-0.05, 0) is 31.0 Å². The van der Waals surface area contributed by atoms with E-state index in [1.54, 1.807) is 0 Å². The van der Waals surface area contributed by atoms with E-state index in [4.69, 9.17) is 10.8 Å². The van der Waals surface area contributed by atoms with Gasteiger partial charge in [-0.1, -0.05) is 22.0 Å². The molecular formula is C12H15BrN2O2. The third-order valence-corrected chi connectivity index (χ3v) is 3.75. The third-order valence-electron chi connectivity index (χ3n) is 3.25. The lowest BCUT2D eigenvalue weighted by Gasteiger charge is -2.37. The first kappa shape index (κ1) is 12.4. The van der Waals surface area contributed by atoms with Crippen molar-refractivity contribution >= 4 is 27.6 Å². The number of hydrogen-bond donors (Lipinski definition) is 2. The van der Waals surface area contributed by atoms with E-state index in [1.807, 2.05) is 24.3 Å². The fourth-order valence-corrected chi connectivity index (χ4v) is 2.44. The zero-order valence-corrected chi connectivity index (χ0v) is 11.0. The van der Waals surface area contributed by atoms with Gasteiger partial charge >= 0.3 is 5.97 Å². The lowest BCUT2D eigenvalue weighted by Crippen LogP contribution is -2.55. The summed E-state index contributed by atoms with van der Waals surface area (Å²) in [6.07, 6.45) is 0.962. The summed E-state index contributed by atoms with van der Waals surface area (Å²) in [7, 11) is 0. The van der Waals surface area contributed by atoms with Crippen LogP contribution in [0.5, 0.6) is 0 Å². The molecule has 0 amide bonds. The minimum Gasteiger partial charge on any atom is -0.480 e. The number of piperidine rings is 1. The quantitative estimate of drug-likeness (QED) is 0.874. The van der Waals surface area contributed by atoms with Gasteiger partial charge in [0.1, 0.15) is 5.54 Å². The van der Waals surface area contributed by atoms with Gasteiger partial charge in [-0.2, -0.15) is 0 Å². The second kappa shape index (κ2) is 4.66. The molecule has 2 rings (SSSR count). The van der Waals surface area contributed by atoms with E-state index in [0.717, 1.165) is 10.2 Å². The van der Waals surface area contributed by atoms with E-state index >= 15 is 0 Å². The van der Waals surface area contributed by atoms with Crippen molar-refractivity contribution in [3.8, 4) is 0 Å². The summed E-state index contributed by atoms with van der Waals surface area (Å²) >= 11 is 3.43. The number of carbonyl (C=O) groups is 1. The van der Waals surface area contributed by atoms with Crippen LogP contribution in [-0.4, -0.2) is 29.7 Å². The SMILES string of the molecule is NC1(C(=O)O)CCN(c2cccc(Br)c2)CC1. The van der Waals surface area contributed by atoms with Crippen LogP contribution in [0, 0.1) is 0 Å². The summed E-state index contributed by atoms with van der Waals surface area (Å²) < 4.78 is 1.03. The number of carboxylic acid groups (broad SMARTS) is 1. The smallest absolute Gasteiger partial charge is 0.323 e. The molecule has 4 nitrogen and oxygen atoms in total. The van der Waals surface area contributed by atoms with Crippen molar-refractivity contribution in [2.24, 2.45) is 5.73 Å². The third kappa shape index (κ3) is 2.61. The molecule has 3 N–H and O–H groups in total. The van der Waals surface area contributed by atoms with Gasteiger partial charge in [-0.15, -0.1) is 0 Å². The van der Waals surface area contributed by atoms with Crippen LogP contribution in [0.1, 0.15) is 12.8 Å². The Morgan fingerprint density at radius 3 is 2.59 bits per heavy atom.